The first-order valence-electron chi connectivity index (χ1n) is 3.28. The minimum atomic E-state index is -4.74. The van der Waals surface area contributed by atoms with Crippen molar-refractivity contribution >= 4 is 11.6 Å². The molecular weight excluding hydrogens is 207 g/mol. The van der Waals surface area contributed by atoms with Crippen LogP contribution in [0.15, 0.2) is 18.3 Å². The lowest BCUT2D eigenvalue weighted by Crippen LogP contribution is -2.21. The molecule has 0 aliphatic rings. The molecule has 0 saturated carbocycles. The lowest BCUT2D eigenvalue weighted by Gasteiger charge is -2.14. The topological polar surface area (TPSA) is 33.1 Å². The summed E-state index contributed by atoms with van der Waals surface area (Å²) in [6.07, 6.45) is -6.23. The van der Waals surface area contributed by atoms with Gasteiger partial charge < -0.3 is 5.11 Å². The van der Waals surface area contributed by atoms with Gasteiger partial charge in [-0.1, -0.05) is 11.6 Å². The van der Waals surface area contributed by atoms with E-state index in [0.717, 1.165) is 6.20 Å². The van der Waals surface area contributed by atoms with Crippen LogP contribution in [0.3, 0.4) is 0 Å². The Labute approximate surface area is 77.0 Å². The van der Waals surface area contributed by atoms with Gasteiger partial charge in [0.05, 0.1) is 10.7 Å². The number of aliphatic hydroxyl groups excluding tert-OH is 1. The van der Waals surface area contributed by atoms with E-state index in [1.54, 1.807) is 0 Å². The van der Waals surface area contributed by atoms with Gasteiger partial charge in [0.2, 0.25) is 0 Å². The van der Waals surface area contributed by atoms with Crippen molar-refractivity contribution in [3.63, 3.8) is 0 Å². The number of aromatic nitrogens is 1. The second kappa shape index (κ2) is 3.51. The average Bonchev–Trinajstić information content (AvgIpc) is 2.02. The smallest absolute Gasteiger partial charge is 0.378 e. The lowest BCUT2D eigenvalue weighted by atomic mass is 10.2. The summed E-state index contributed by atoms with van der Waals surface area (Å²) in [5.74, 6) is 0. The third kappa shape index (κ3) is 2.32. The summed E-state index contributed by atoms with van der Waals surface area (Å²) < 4.78 is 35.9. The molecule has 2 nitrogen and oxygen atoms in total. The van der Waals surface area contributed by atoms with E-state index >= 15 is 0 Å². The molecule has 0 aliphatic heterocycles. The van der Waals surface area contributed by atoms with E-state index in [1.807, 2.05) is 0 Å². The summed E-state index contributed by atoms with van der Waals surface area (Å²) in [7, 11) is 0. The van der Waals surface area contributed by atoms with Crippen LogP contribution < -0.4 is 0 Å². The average molecular weight is 212 g/mol. The van der Waals surface area contributed by atoms with E-state index in [4.69, 9.17) is 16.7 Å². The Morgan fingerprint density at radius 3 is 2.54 bits per heavy atom. The van der Waals surface area contributed by atoms with Crippen LogP contribution in [0.1, 0.15) is 11.8 Å². The normalized spacial score (nSPS) is 14.2. The zero-order chi connectivity index (χ0) is 10.1. The number of hydrogen-bond acceptors (Lipinski definition) is 2. The van der Waals surface area contributed by atoms with E-state index in [2.05, 4.69) is 4.98 Å². The minimum absolute atomic E-state index is 0.202. The van der Waals surface area contributed by atoms with Crippen molar-refractivity contribution in [2.24, 2.45) is 0 Å². The molecule has 0 fully saturated rings. The molecule has 0 aliphatic carbocycles. The monoisotopic (exact) mass is 211 g/mol. The highest BCUT2D eigenvalue weighted by Gasteiger charge is 2.41. The Morgan fingerprint density at radius 2 is 2.08 bits per heavy atom. The van der Waals surface area contributed by atoms with Crippen LogP contribution in [0.4, 0.5) is 13.2 Å². The van der Waals surface area contributed by atoms with Crippen LogP contribution in [-0.4, -0.2) is 16.3 Å². The van der Waals surface area contributed by atoms with Crippen molar-refractivity contribution < 1.29 is 18.3 Å². The Bertz CT molecular complexity index is 302. The van der Waals surface area contributed by atoms with Gasteiger partial charge in [0.25, 0.3) is 0 Å². The maximum absolute atomic E-state index is 12.0. The molecule has 1 rings (SSSR count). The first-order chi connectivity index (χ1) is 5.93. The van der Waals surface area contributed by atoms with E-state index in [-0.39, 0.29) is 5.02 Å². The van der Waals surface area contributed by atoms with E-state index in [0.29, 0.717) is 0 Å². The van der Waals surface area contributed by atoms with Gasteiger partial charge in [-0.25, -0.2) is 0 Å². The number of halogens is 4. The van der Waals surface area contributed by atoms with E-state index in [1.165, 1.54) is 12.1 Å². The summed E-state index contributed by atoms with van der Waals surface area (Å²) in [6, 6.07) is 2.62. The van der Waals surface area contributed by atoms with Crippen molar-refractivity contribution in [2.45, 2.75) is 12.3 Å². The van der Waals surface area contributed by atoms with E-state index < -0.39 is 18.0 Å². The molecular formula is C7H5ClF3NO. The molecule has 0 amide bonds. The van der Waals surface area contributed by atoms with Crippen LogP contribution in [0.5, 0.6) is 0 Å². The second-order valence-electron chi connectivity index (χ2n) is 2.31. The number of alkyl halides is 3. The molecule has 0 saturated heterocycles. The van der Waals surface area contributed by atoms with Gasteiger partial charge >= 0.3 is 6.18 Å². The quantitative estimate of drug-likeness (QED) is 0.774. The van der Waals surface area contributed by atoms with Gasteiger partial charge in [-0.15, -0.1) is 0 Å². The van der Waals surface area contributed by atoms with Crippen LogP contribution >= 0.6 is 11.6 Å². The van der Waals surface area contributed by atoms with Gasteiger partial charge in [-0.05, 0) is 12.1 Å². The molecule has 6 heteroatoms. The van der Waals surface area contributed by atoms with Gasteiger partial charge in [-0.3, -0.25) is 4.98 Å². The van der Waals surface area contributed by atoms with Gasteiger partial charge in [0, 0.05) is 6.20 Å². The predicted molar refractivity (Wildman–Crippen MR) is 40.3 cm³/mol. The molecule has 1 heterocycles. The third-order valence-corrected chi connectivity index (χ3v) is 1.68. The Kier molecular flexibility index (Phi) is 2.77. The van der Waals surface area contributed by atoms with E-state index in [9.17, 15) is 13.2 Å². The molecule has 1 N–H and O–H groups in total. The molecule has 0 radical (unpaired) electrons. The largest absolute Gasteiger partial charge is 0.420 e. The molecule has 72 valence electrons. The van der Waals surface area contributed by atoms with Gasteiger partial charge in [-0.2, -0.15) is 13.2 Å². The fourth-order valence-corrected chi connectivity index (χ4v) is 0.979. The predicted octanol–water partition coefficient (Wildman–Crippen LogP) is 2.33. The van der Waals surface area contributed by atoms with Crippen molar-refractivity contribution in [2.75, 3.05) is 0 Å². The molecule has 1 unspecified atom stereocenters. The summed E-state index contributed by atoms with van der Waals surface area (Å²) in [5.41, 5.74) is -0.573. The summed E-state index contributed by atoms with van der Waals surface area (Å²) in [5, 5.41) is 8.56. The first kappa shape index (κ1) is 10.3. The Morgan fingerprint density at radius 1 is 1.46 bits per heavy atom. The van der Waals surface area contributed by atoms with Crippen LogP contribution in [-0.2, 0) is 0 Å². The highest BCUT2D eigenvalue weighted by molar-refractivity contribution is 6.31. The minimum Gasteiger partial charge on any atom is -0.378 e. The number of rotatable bonds is 1. The standard InChI is InChI=1S/C7H5ClF3NO/c8-4-2-1-3-12-5(4)6(13)7(9,10)11/h1-3,6,13H. The van der Waals surface area contributed by atoms with Crippen molar-refractivity contribution in [1.29, 1.82) is 0 Å². The number of nitrogens with zero attached hydrogens (tertiary/aromatic N) is 1. The maximum atomic E-state index is 12.0. The summed E-state index contributed by atoms with van der Waals surface area (Å²) in [4.78, 5) is 3.34. The molecule has 0 spiro atoms. The lowest BCUT2D eigenvalue weighted by molar-refractivity contribution is -0.207. The highest BCUT2D eigenvalue weighted by atomic mass is 35.5. The zero-order valence-electron chi connectivity index (χ0n) is 6.22. The Hall–Kier alpha value is -0.810. The van der Waals surface area contributed by atoms with Gasteiger partial charge in [0.1, 0.15) is 0 Å². The van der Waals surface area contributed by atoms with Crippen LogP contribution in [0.25, 0.3) is 0 Å². The van der Waals surface area contributed by atoms with Crippen LogP contribution in [0.2, 0.25) is 5.02 Å². The number of aliphatic hydroxyl groups is 1. The fraction of sp³-hybridized carbons (Fsp3) is 0.286. The van der Waals surface area contributed by atoms with Crippen LogP contribution in [0, 0.1) is 0 Å². The SMILES string of the molecule is OC(c1ncccc1Cl)C(F)(F)F. The Balaban J connectivity index is 3.02. The van der Waals surface area contributed by atoms with Crippen molar-refractivity contribution in [1.82, 2.24) is 4.98 Å². The molecule has 0 bridgehead atoms. The second-order valence-corrected chi connectivity index (χ2v) is 2.72. The molecule has 1 aromatic rings. The molecule has 1 aromatic heterocycles. The van der Waals surface area contributed by atoms with Crippen molar-refractivity contribution in [3.8, 4) is 0 Å². The summed E-state index contributed by atoms with van der Waals surface area (Å²) >= 11 is 5.40. The van der Waals surface area contributed by atoms with Gasteiger partial charge in [0.15, 0.2) is 6.10 Å². The fourth-order valence-electron chi connectivity index (χ4n) is 0.754. The van der Waals surface area contributed by atoms with Crippen molar-refractivity contribution in [3.05, 3.63) is 29.0 Å². The number of hydrogen-bond donors (Lipinski definition) is 1. The molecule has 0 aromatic carbocycles. The third-order valence-electron chi connectivity index (χ3n) is 1.36. The highest BCUT2D eigenvalue weighted by Crippen LogP contribution is 2.34. The molecule has 1 atom stereocenters. The number of pyridine rings is 1. The zero-order valence-corrected chi connectivity index (χ0v) is 6.97. The maximum Gasteiger partial charge on any atom is 0.420 e. The summed E-state index contributed by atoms with van der Waals surface area (Å²) in [6.45, 7) is 0. The first-order valence-corrected chi connectivity index (χ1v) is 3.66. The molecule has 13 heavy (non-hydrogen) atoms.